The van der Waals surface area contributed by atoms with Gasteiger partial charge in [-0.05, 0) is 43.3 Å². The maximum absolute atomic E-state index is 13.9. The third-order valence-corrected chi connectivity index (χ3v) is 5.20. The molecule has 0 saturated carbocycles. The average Bonchev–Trinajstić information content (AvgIpc) is 2.83. The Hall–Kier alpha value is -4.34. The zero-order valence-electron chi connectivity index (χ0n) is 20.1. The molecular weight excluding hydrogens is 453 g/mol. The van der Waals surface area contributed by atoms with Crippen molar-refractivity contribution in [3.63, 3.8) is 0 Å². The molecule has 1 atom stereocenters. The molecule has 3 amide bonds. The zero-order chi connectivity index (χ0) is 25.9. The quantitative estimate of drug-likeness (QED) is 0.582. The van der Waals surface area contributed by atoms with Crippen molar-refractivity contribution in [2.45, 2.75) is 13.0 Å². The number of carbonyl (C=O) groups is 3. The summed E-state index contributed by atoms with van der Waals surface area (Å²) in [5.41, 5.74) is 0.298. The molecule has 9 nitrogen and oxygen atoms in total. The smallest absolute Gasteiger partial charge is 0.284 e. The van der Waals surface area contributed by atoms with E-state index in [-0.39, 0.29) is 28.8 Å². The second-order valence-corrected chi connectivity index (χ2v) is 8.34. The molecule has 1 N–H and O–H groups in total. The summed E-state index contributed by atoms with van der Waals surface area (Å²) in [6.07, 6.45) is 0. The van der Waals surface area contributed by atoms with Crippen LogP contribution in [0.5, 0.6) is 0 Å². The van der Waals surface area contributed by atoms with Gasteiger partial charge in [-0.2, -0.15) is 9.78 Å². The number of aromatic nitrogens is 2. The van der Waals surface area contributed by atoms with Crippen LogP contribution in [0.2, 0.25) is 0 Å². The first-order chi connectivity index (χ1) is 16.5. The predicted molar refractivity (Wildman–Crippen MR) is 129 cm³/mol. The first-order valence-corrected chi connectivity index (χ1v) is 10.7. The average molecular weight is 480 g/mol. The molecular formula is C25H26FN5O4. The molecule has 0 unspecified atom stereocenters. The number of rotatable bonds is 6. The topological polar surface area (TPSA) is 105 Å². The molecule has 2 aromatic carbocycles. The van der Waals surface area contributed by atoms with Gasteiger partial charge in [0.15, 0.2) is 0 Å². The summed E-state index contributed by atoms with van der Waals surface area (Å²) in [5.74, 6) is -1.89. The number of nitrogens with zero attached hydrogens (tertiary/aromatic N) is 4. The van der Waals surface area contributed by atoms with Crippen molar-refractivity contribution in [1.82, 2.24) is 24.9 Å². The fourth-order valence-corrected chi connectivity index (χ4v) is 3.35. The molecule has 0 spiro atoms. The maximum Gasteiger partial charge on any atom is 0.284 e. The van der Waals surface area contributed by atoms with E-state index in [1.54, 1.807) is 52.5 Å². The van der Waals surface area contributed by atoms with Crippen LogP contribution in [0.1, 0.15) is 27.6 Å². The number of carbonyl (C=O) groups excluding carboxylic acids is 3. The highest BCUT2D eigenvalue weighted by Crippen LogP contribution is 2.19. The van der Waals surface area contributed by atoms with Gasteiger partial charge in [-0.15, -0.1) is 0 Å². The molecule has 1 aromatic heterocycles. The summed E-state index contributed by atoms with van der Waals surface area (Å²) in [7, 11) is 6.38. The Kier molecular flexibility index (Phi) is 7.43. The Morgan fingerprint density at radius 2 is 1.63 bits per heavy atom. The number of nitrogens with one attached hydrogen (secondary N) is 1. The van der Waals surface area contributed by atoms with Gasteiger partial charge in [-0.1, -0.05) is 18.2 Å². The number of benzene rings is 2. The van der Waals surface area contributed by atoms with Crippen LogP contribution >= 0.6 is 0 Å². The summed E-state index contributed by atoms with van der Waals surface area (Å²) in [6, 6.07) is 12.2. The van der Waals surface area contributed by atoms with Gasteiger partial charge in [0.1, 0.15) is 17.4 Å². The molecule has 0 aliphatic heterocycles. The van der Waals surface area contributed by atoms with E-state index in [0.717, 1.165) is 10.7 Å². The molecule has 0 aliphatic rings. The van der Waals surface area contributed by atoms with E-state index in [0.29, 0.717) is 11.1 Å². The lowest BCUT2D eigenvalue weighted by Gasteiger charge is -2.18. The van der Waals surface area contributed by atoms with Crippen LogP contribution in [0.4, 0.5) is 4.39 Å². The van der Waals surface area contributed by atoms with Crippen molar-refractivity contribution in [3.8, 4) is 16.9 Å². The Balaban J connectivity index is 2.12. The van der Waals surface area contributed by atoms with E-state index in [1.807, 2.05) is 0 Å². The van der Waals surface area contributed by atoms with Crippen molar-refractivity contribution < 1.29 is 18.8 Å². The second-order valence-electron chi connectivity index (χ2n) is 8.34. The summed E-state index contributed by atoms with van der Waals surface area (Å²) in [5, 5.41) is 6.86. The monoisotopic (exact) mass is 479 g/mol. The van der Waals surface area contributed by atoms with Crippen molar-refractivity contribution in [3.05, 3.63) is 81.9 Å². The van der Waals surface area contributed by atoms with Crippen molar-refractivity contribution in [1.29, 1.82) is 0 Å². The number of halogens is 1. The molecule has 0 saturated heterocycles. The molecule has 1 heterocycles. The highest BCUT2D eigenvalue weighted by atomic mass is 19.1. The van der Waals surface area contributed by atoms with Crippen LogP contribution < -0.4 is 10.9 Å². The van der Waals surface area contributed by atoms with E-state index in [1.165, 1.54) is 41.0 Å². The number of hydrogen-bond acceptors (Lipinski definition) is 5. The second kappa shape index (κ2) is 10.3. The van der Waals surface area contributed by atoms with E-state index >= 15 is 0 Å². The summed E-state index contributed by atoms with van der Waals surface area (Å²) < 4.78 is 14.8. The third kappa shape index (κ3) is 5.60. The number of hydrogen-bond donors (Lipinski definition) is 1. The minimum atomic E-state index is -0.882. The molecule has 3 aromatic rings. The van der Waals surface area contributed by atoms with Gasteiger partial charge in [0, 0.05) is 39.3 Å². The summed E-state index contributed by atoms with van der Waals surface area (Å²) in [4.78, 5) is 53.3. The van der Waals surface area contributed by atoms with Crippen LogP contribution in [-0.4, -0.2) is 71.5 Å². The minimum Gasteiger partial charge on any atom is -0.347 e. The SMILES string of the molecule is C[C@H](NC(=O)c1cc(-c2ccc(C(=O)N(C)C)cc2)nn(-c2cccc(F)c2)c1=O)C(=O)N(C)C. The van der Waals surface area contributed by atoms with Gasteiger partial charge in [-0.25, -0.2) is 4.39 Å². The van der Waals surface area contributed by atoms with E-state index in [2.05, 4.69) is 10.4 Å². The van der Waals surface area contributed by atoms with Crippen LogP contribution in [-0.2, 0) is 4.79 Å². The first kappa shape index (κ1) is 25.3. The van der Waals surface area contributed by atoms with Gasteiger partial charge in [0.05, 0.1) is 11.4 Å². The van der Waals surface area contributed by atoms with Gasteiger partial charge < -0.3 is 15.1 Å². The lowest BCUT2D eigenvalue weighted by Crippen LogP contribution is -2.46. The van der Waals surface area contributed by atoms with E-state index < -0.39 is 23.3 Å². The molecule has 10 heteroatoms. The molecule has 0 aliphatic carbocycles. The van der Waals surface area contributed by atoms with E-state index in [9.17, 15) is 23.6 Å². The fourth-order valence-electron chi connectivity index (χ4n) is 3.35. The lowest BCUT2D eigenvalue weighted by molar-refractivity contribution is -0.130. The predicted octanol–water partition coefficient (Wildman–Crippen LogP) is 1.95. The standard InChI is InChI=1S/C25H26FN5O4/c1-15(23(33)29(2)3)27-22(32)20-14-21(16-9-11-17(12-10-16)24(34)30(4)5)28-31(25(20)35)19-8-6-7-18(26)13-19/h6-15H,1-5H3,(H,27,32)/t15-/m0/s1. The molecule has 3 rings (SSSR count). The van der Waals surface area contributed by atoms with Gasteiger partial charge in [0.25, 0.3) is 17.4 Å². The molecule has 0 fully saturated rings. The van der Waals surface area contributed by atoms with Crippen LogP contribution in [0, 0.1) is 5.82 Å². The van der Waals surface area contributed by atoms with Crippen LogP contribution in [0.15, 0.2) is 59.4 Å². The number of amides is 3. The van der Waals surface area contributed by atoms with Crippen LogP contribution in [0.25, 0.3) is 16.9 Å². The van der Waals surface area contributed by atoms with E-state index in [4.69, 9.17) is 0 Å². The maximum atomic E-state index is 13.9. The zero-order valence-corrected chi connectivity index (χ0v) is 20.1. The summed E-state index contributed by atoms with van der Waals surface area (Å²) in [6.45, 7) is 1.51. The Morgan fingerprint density at radius 3 is 2.20 bits per heavy atom. The van der Waals surface area contributed by atoms with Crippen LogP contribution in [0.3, 0.4) is 0 Å². The van der Waals surface area contributed by atoms with Crippen molar-refractivity contribution in [2.75, 3.05) is 28.2 Å². The Labute approximate surface area is 201 Å². The van der Waals surface area contributed by atoms with Gasteiger partial charge >= 0.3 is 0 Å². The lowest BCUT2D eigenvalue weighted by atomic mass is 10.1. The first-order valence-electron chi connectivity index (χ1n) is 10.7. The Morgan fingerprint density at radius 1 is 0.971 bits per heavy atom. The molecule has 182 valence electrons. The normalized spacial score (nSPS) is 11.5. The number of likely N-dealkylation sites (N-methyl/N-ethyl adjacent to an activating group) is 1. The third-order valence-electron chi connectivity index (χ3n) is 5.20. The Bertz CT molecular complexity index is 1330. The largest absolute Gasteiger partial charge is 0.347 e. The minimum absolute atomic E-state index is 0.128. The van der Waals surface area contributed by atoms with Gasteiger partial charge in [0.2, 0.25) is 5.91 Å². The fraction of sp³-hybridized carbons (Fsp3) is 0.240. The highest BCUT2D eigenvalue weighted by molar-refractivity contribution is 5.98. The molecule has 35 heavy (non-hydrogen) atoms. The molecule has 0 bridgehead atoms. The molecule has 0 radical (unpaired) electrons. The van der Waals surface area contributed by atoms with Crippen molar-refractivity contribution >= 4 is 17.7 Å². The van der Waals surface area contributed by atoms with Crippen molar-refractivity contribution in [2.24, 2.45) is 0 Å². The summed E-state index contributed by atoms with van der Waals surface area (Å²) >= 11 is 0. The highest BCUT2D eigenvalue weighted by Gasteiger charge is 2.22. The van der Waals surface area contributed by atoms with Gasteiger partial charge in [-0.3, -0.25) is 19.2 Å².